The van der Waals surface area contributed by atoms with E-state index in [-0.39, 0.29) is 5.91 Å². The summed E-state index contributed by atoms with van der Waals surface area (Å²) >= 11 is 0. The Morgan fingerprint density at radius 3 is 2.50 bits per heavy atom. The average Bonchev–Trinajstić information content (AvgIpc) is 2.26. The molecule has 78 valence electrons. The molecule has 0 aliphatic carbocycles. The van der Waals surface area contributed by atoms with Gasteiger partial charge >= 0.3 is 0 Å². The molecule has 1 aliphatic heterocycles. The van der Waals surface area contributed by atoms with Crippen molar-refractivity contribution < 1.29 is 9.53 Å². The molecule has 0 aromatic heterocycles. The van der Waals surface area contributed by atoms with Gasteiger partial charge in [0, 0.05) is 13.1 Å². The predicted molar refractivity (Wildman–Crippen MR) is 55.5 cm³/mol. The van der Waals surface area contributed by atoms with Crippen LogP contribution in [0.5, 0.6) is 0 Å². The molecule has 0 aromatic rings. The van der Waals surface area contributed by atoms with E-state index in [2.05, 4.69) is 6.58 Å². The lowest BCUT2D eigenvalue weighted by Gasteiger charge is -2.26. The van der Waals surface area contributed by atoms with E-state index in [1.165, 1.54) is 12.7 Å². The number of rotatable bonds is 3. The summed E-state index contributed by atoms with van der Waals surface area (Å²) < 4.78 is 5.04. The highest BCUT2D eigenvalue weighted by molar-refractivity contribution is 5.91. The van der Waals surface area contributed by atoms with Crippen molar-refractivity contribution in [1.82, 2.24) is 4.90 Å². The highest BCUT2D eigenvalue weighted by Gasteiger charge is 2.20. The van der Waals surface area contributed by atoms with Crippen molar-refractivity contribution in [3.05, 3.63) is 24.7 Å². The Balaban J connectivity index is 2.57. The average molecular weight is 195 g/mol. The topological polar surface area (TPSA) is 29.5 Å². The van der Waals surface area contributed by atoms with E-state index >= 15 is 0 Å². The normalized spacial score (nSPS) is 17.8. The summed E-state index contributed by atoms with van der Waals surface area (Å²) in [5.74, 6) is 0.356. The molecule has 1 rings (SSSR count). The first kappa shape index (κ1) is 10.8. The van der Waals surface area contributed by atoms with Crippen molar-refractivity contribution in [3.8, 4) is 0 Å². The Morgan fingerprint density at radius 1 is 1.36 bits per heavy atom. The van der Waals surface area contributed by atoms with Crippen molar-refractivity contribution in [3.63, 3.8) is 0 Å². The van der Waals surface area contributed by atoms with E-state index in [9.17, 15) is 4.79 Å². The van der Waals surface area contributed by atoms with Gasteiger partial charge in [-0.15, -0.1) is 0 Å². The Bertz CT molecular complexity index is 240. The molecule has 0 aromatic carbocycles. The second-order valence-corrected chi connectivity index (χ2v) is 3.29. The number of piperidine rings is 1. The van der Waals surface area contributed by atoms with Crippen molar-refractivity contribution in [2.45, 2.75) is 26.2 Å². The maximum Gasteiger partial charge on any atom is 0.289 e. The monoisotopic (exact) mass is 195 g/mol. The molecule has 0 spiro atoms. The number of carbonyl (C=O) groups excluding carboxylic acids is 1. The smallest absolute Gasteiger partial charge is 0.289 e. The predicted octanol–water partition coefficient (Wildman–Crippen LogP) is 2.06. The Morgan fingerprint density at radius 2 is 2.00 bits per heavy atom. The van der Waals surface area contributed by atoms with Gasteiger partial charge in [-0.1, -0.05) is 6.58 Å². The lowest BCUT2D eigenvalue weighted by Crippen LogP contribution is -2.36. The molecular formula is C11H17NO2. The quantitative estimate of drug-likeness (QED) is 0.509. The summed E-state index contributed by atoms with van der Waals surface area (Å²) in [5, 5.41) is 0. The first-order chi connectivity index (χ1) is 6.79. The fourth-order valence-corrected chi connectivity index (χ4v) is 1.58. The van der Waals surface area contributed by atoms with Crippen LogP contribution in [0, 0.1) is 0 Å². The number of amides is 1. The second kappa shape index (κ2) is 5.47. The lowest BCUT2D eigenvalue weighted by atomic mass is 10.1. The minimum Gasteiger partial charge on any atom is -0.460 e. The number of likely N-dealkylation sites (tertiary alicyclic amines) is 1. The summed E-state index contributed by atoms with van der Waals surface area (Å²) in [6.07, 6.45) is 6.38. The van der Waals surface area contributed by atoms with Gasteiger partial charge in [0.05, 0.1) is 6.26 Å². The van der Waals surface area contributed by atoms with Crippen molar-refractivity contribution in [2.24, 2.45) is 0 Å². The molecule has 0 N–H and O–H groups in total. The van der Waals surface area contributed by atoms with Crippen molar-refractivity contribution >= 4 is 5.91 Å². The zero-order valence-corrected chi connectivity index (χ0v) is 8.66. The second-order valence-electron chi connectivity index (χ2n) is 3.29. The van der Waals surface area contributed by atoms with Gasteiger partial charge in [-0.05, 0) is 32.3 Å². The Kier molecular flexibility index (Phi) is 4.23. The van der Waals surface area contributed by atoms with Crippen LogP contribution in [-0.4, -0.2) is 23.9 Å². The minimum absolute atomic E-state index is 0.0212. The molecule has 3 heteroatoms. The van der Waals surface area contributed by atoms with Crippen LogP contribution in [0.2, 0.25) is 0 Å². The molecule has 0 unspecified atom stereocenters. The van der Waals surface area contributed by atoms with Gasteiger partial charge in [0.25, 0.3) is 5.91 Å². The van der Waals surface area contributed by atoms with Crippen LogP contribution < -0.4 is 0 Å². The van der Waals surface area contributed by atoms with Crippen LogP contribution in [0.25, 0.3) is 0 Å². The van der Waals surface area contributed by atoms with Gasteiger partial charge in [-0.2, -0.15) is 0 Å². The van der Waals surface area contributed by atoms with E-state index in [1.54, 1.807) is 13.0 Å². The zero-order valence-electron chi connectivity index (χ0n) is 8.66. The third kappa shape index (κ3) is 2.62. The molecular weight excluding hydrogens is 178 g/mol. The molecule has 1 heterocycles. The molecule has 1 fully saturated rings. The lowest BCUT2D eigenvalue weighted by molar-refractivity contribution is -0.130. The van der Waals surface area contributed by atoms with E-state index in [0.29, 0.717) is 5.76 Å². The van der Waals surface area contributed by atoms with E-state index in [4.69, 9.17) is 4.74 Å². The molecule has 0 radical (unpaired) electrons. The van der Waals surface area contributed by atoms with Gasteiger partial charge in [0.1, 0.15) is 0 Å². The highest BCUT2D eigenvalue weighted by atomic mass is 16.5. The first-order valence-corrected chi connectivity index (χ1v) is 5.02. The minimum atomic E-state index is -0.0212. The first-order valence-electron chi connectivity index (χ1n) is 5.02. The zero-order chi connectivity index (χ0) is 10.4. The fourth-order valence-electron chi connectivity index (χ4n) is 1.58. The number of hydrogen-bond acceptors (Lipinski definition) is 2. The van der Waals surface area contributed by atoms with Gasteiger partial charge in [-0.25, -0.2) is 0 Å². The largest absolute Gasteiger partial charge is 0.460 e. The maximum atomic E-state index is 11.8. The fraction of sp³-hybridized carbons (Fsp3) is 0.545. The maximum absolute atomic E-state index is 11.8. The van der Waals surface area contributed by atoms with Gasteiger partial charge < -0.3 is 9.64 Å². The Hall–Kier alpha value is -1.25. The van der Waals surface area contributed by atoms with Crippen LogP contribution in [0.1, 0.15) is 26.2 Å². The number of ether oxygens (including phenoxy) is 1. The SMILES string of the molecule is C=CO/C(=C\C)C(=O)N1CCCCC1. The summed E-state index contributed by atoms with van der Waals surface area (Å²) in [5.41, 5.74) is 0. The molecule has 0 atom stereocenters. The summed E-state index contributed by atoms with van der Waals surface area (Å²) in [4.78, 5) is 13.6. The molecule has 14 heavy (non-hydrogen) atoms. The number of hydrogen-bond donors (Lipinski definition) is 0. The number of carbonyl (C=O) groups is 1. The molecule has 0 saturated carbocycles. The third-order valence-electron chi connectivity index (χ3n) is 2.33. The summed E-state index contributed by atoms with van der Waals surface area (Å²) in [7, 11) is 0. The van der Waals surface area contributed by atoms with Crippen LogP contribution in [0.15, 0.2) is 24.7 Å². The summed E-state index contributed by atoms with van der Waals surface area (Å²) in [6.45, 7) is 6.92. The summed E-state index contributed by atoms with van der Waals surface area (Å²) in [6, 6.07) is 0. The highest BCUT2D eigenvalue weighted by Crippen LogP contribution is 2.12. The molecule has 1 saturated heterocycles. The molecule has 1 amide bonds. The van der Waals surface area contributed by atoms with E-state index in [0.717, 1.165) is 25.9 Å². The van der Waals surface area contributed by atoms with E-state index in [1.807, 2.05) is 4.90 Å². The van der Waals surface area contributed by atoms with Crippen LogP contribution in [0.3, 0.4) is 0 Å². The molecule has 3 nitrogen and oxygen atoms in total. The van der Waals surface area contributed by atoms with Gasteiger partial charge in [-0.3, -0.25) is 4.79 Å². The van der Waals surface area contributed by atoms with Crippen molar-refractivity contribution in [2.75, 3.05) is 13.1 Å². The van der Waals surface area contributed by atoms with Crippen LogP contribution in [-0.2, 0) is 9.53 Å². The van der Waals surface area contributed by atoms with E-state index < -0.39 is 0 Å². The van der Waals surface area contributed by atoms with Crippen molar-refractivity contribution in [1.29, 1.82) is 0 Å². The van der Waals surface area contributed by atoms with Gasteiger partial charge in [0.2, 0.25) is 0 Å². The molecule has 1 aliphatic rings. The number of nitrogens with zero attached hydrogens (tertiary/aromatic N) is 1. The van der Waals surface area contributed by atoms with Crippen LogP contribution in [0.4, 0.5) is 0 Å². The van der Waals surface area contributed by atoms with Gasteiger partial charge in [0.15, 0.2) is 5.76 Å². The number of allylic oxidation sites excluding steroid dienone is 1. The van der Waals surface area contributed by atoms with Crippen LogP contribution >= 0.6 is 0 Å². The Labute approximate surface area is 85.0 Å². The standard InChI is InChI=1S/C11H17NO2/c1-3-10(14-4-2)11(13)12-8-6-5-7-9-12/h3-4H,2,5-9H2,1H3/b10-3-. The third-order valence-corrected chi connectivity index (χ3v) is 2.33. The molecule has 0 bridgehead atoms.